The van der Waals surface area contributed by atoms with Gasteiger partial charge in [-0.25, -0.2) is 4.79 Å². The summed E-state index contributed by atoms with van der Waals surface area (Å²) >= 11 is 4.34. The number of ether oxygens (including phenoxy) is 1. The summed E-state index contributed by atoms with van der Waals surface area (Å²) in [5.74, 6) is -0.575. The molecule has 198 valence electrons. The van der Waals surface area contributed by atoms with Gasteiger partial charge in [-0.2, -0.15) is 12.6 Å². The molecule has 0 fully saturated rings. The molecule has 0 radical (unpaired) electrons. The van der Waals surface area contributed by atoms with E-state index in [0.717, 1.165) is 36.0 Å². The fourth-order valence-corrected chi connectivity index (χ4v) is 4.22. The number of amides is 3. The van der Waals surface area contributed by atoms with Gasteiger partial charge in [0.2, 0.25) is 11.8 Å². The average molecular weight is 508 g/mol. The molecule has 2 atom stereocenters. The van der Waals surface area contributed by atoms with Crippen molar-refractivity contribution in [2.45, 2.75) is 105 Å². The zero-order valence-electron chi connectivity index (χ0n) is 22.9. The maximum absolute atomic E-state index is 14.0. The highest BCUT2D eigenvalue weighted by Crippen LogP contribution is 2.33. The molecule has 0 aliphatic rings. The largest absolute Gasteiger partial charge is 0.444 e. The molecule has 1 aromatic carbocycles. The summed E-state index contributed by atoms with van der Waals surface area (Å²) in [6, 6.07) is 3.99. The molecule has 3 amide bonds. The minimum Gasteiger partial charge on any atom is -0.444 e. The fourth-order valence-electron chi connectivity index (χ4n) is 3.97. The van der Waals surface area contributed by atoms with Crippen LogP contribution in [0.3, 0.4) is 0 Å². The van der Waals surface area contributed by atoms with Gasteiger partial charge in [-0.1, -0.05) is 38.0 Å². The van der Waals surface area contributed by atoms with E-state index in [4.69, 9.17) is 4.74 Å². The van der Waals surface area contributed by atoms with E-state index < -0.39 is 35.2 Å². The number of hydrogen-bond acceptors (Lipinski definition) is 5. The van der Waals surface area contributed by atoms with E-state index in [9.17, 15) is 14.4 Å². The second-order valence-corrected chi connectivity index (χ2v) is 11.3. The molecule has 0 spiro atoms. The number of unbranched alkanes of at least 4 members (excludes halogenated alkanes) is 2. The lowest BCUT2D eigenvalue weighted by Crippen LogP contribution is -2.59. The normalized spacial score (nSPS) is 13.5. The van der Waals surface area contributed by atoms with Gasteiger partial charge in [0.15, 0.2) is 0 Å². The highest BCUT2D eigenvalue weighted by atomic mass is 32.1. The van der Waals surface area contributed by atoms with E-state index in [2.05, 4.69) is 30.2 Å². The first-order chi connectivity index (χ1) is 16.1. The van der Waals surface area contributed by atoms with Gasteiger partial charge >= 0.3 is 6.09 Å². The van der Waals surface area contributed by atoms with Gasteiger partial charge in [0.05, 0.1) is 0 Å². The summed E-state index contributed by atoms with van der Waals surface area (Å²) in [6.45, 7) is 17.5. The Balaban J connectivity index is 3.49. The fraction of sp³-hybridized carbons (Fsp3) is 0.667. The van der Waals surface area contributed by atoms with E-state index in [-0.39, 0.29) is 11.7 Å². The molecule has 0 heterocycles. The lowest BCUT2D eigenvalue weighted by atomic mass is 9.90. The van der Waals surface area contributed by atoms with Crippen LogP contribution in [0.5, 0.6) is 0 Å². The van der Waals surface area contributed by atoms with E-state index in [1.54, 1.807) is 25.7 Å². The Bertz CT molecular complexity index is 854. The Morgan fingerprint density at radius 3 is 2.06 bits per heavy atom. The van der Waals surface area contributed by atoms with Gasteiger partial charge in [-0.3, -0.25) is 9.59 Å². The van der Waals surface area contributed by atoms with E-state index in [0.29, 0.717) is 6.54 Å². The molecule has 0 aromatic heterocycles. The summed E-state index contributed by atoms with van der Waals surface area (Å²) < 4.78 is 5.36. The molecule has 8 heteroatoms. The zero-order chi connectivity index (χ0) is 27.0. The molecule has 1 rings (SSSR count). The van der Waals surface area contributed by atoms with Crippen LogP contribution in [-0.4, -0.2) is 52.3 Å². The third-order valence-corrected chi connectivity index (χ3v) is 5.90. The van der Waals surface area contributed by atoms with E-state index in [1.807, 2.05) is 52.8 Å². The number of nitrogens with zero attached hydrogens (tertiary/aromatic N) is 1. The van der Waals surface area contributed by atoms with Gasteiger partial charge in [-0.15, -0.1) is 0 Å². The zero-order valence-corrected chi connectivity index (χ0v) is 23.8. The standard InChI is InChI=1S/C27H45N3O4S/c1-10-11-12-16-28-23(31)22(21-18(2)14-13-15-19(21)3)30(26(4,5)6)24(32)20(17-35)29-25(33)34-27(7,8)9/h13-15,20,22,35H,10-12,16-17H2,1-9H3,(H,28,31)(H,29,33). The molecule has 0 aliphatic heterocycles. The lowest BCUT2D eigenvalue weighted by Gasteiger charge is -2.43. The van der Waals surface area contributed by atoms with Gasteiger partial charge in [0, 0.05) is 17.8 Å². The van der Waals surface area contributed by atoms with Crippen molar-refractivity contribution in [3.05, 3.63) is 34.9 Å². The van der Waals surface area contributed by atoms with Crippen LogP contribution >= 0.6 is 12.6 Å². The highest BCUT2D eigenvalue weighted by Gasteiger charge is 2.42. The van der Waals surface area contributed by atoms with Gasteiger partial charge < -0.3 is 20.3 Å². The van der Waals surface area contributed by atoms with Crippen molar-refractivity contribution in [1.82, 2.24) is 15.5 Å². The van der Waals surface area contributed by atoms with Gasteiger partial charge in [-0.05, 0) is 78.5 Å². The Labute approximate surface area is 217 Å². The molecule has 35 heavy (non-hydrogen) atoms. The average Bonchev–Trinajstić information content (AvgIpc) is 2.71. The molecule has 2 unspecified atom stereocenters. The number of aryl methyl sites for hydroxylation is 2. The Morgan fingerprint density at radius 1 is 1.03 bits per heavy atom. The van der Waals surface area contributed by atoms with E-state index >= 15 is 0 Å². The number of rotatable bonds is 10. The smallest absolute Gasteiger partial charge is 0.408 e. The molecule has 0 saturated heterocycles. The number of nitrogens with one attached hydrogen (secondary N) is 2. The van der Waals surface area contributed by atoms with Crippen LogP contribution in [0.2, 0.25) is 0 Å². The van der Waals surface area contributed by atoms with Crippen molar-refractivity contribution in [1.29, 1.82) is 0 Å². The number of carbonyl (C=O) groups excluding carboxylic acids is 3. The SMILES string of the molecule is CCCCCNC(=O)C(c1c(C)cccc1C)N(C(=O)C(CS)NC(=O)OC(C)(C)C)C(C)(C)C. The van der Waals surface area contributed by atoms with Crippen molar-refractivity contribution in [3.8, 4) is 0 Å². The van der Waals surface area contributed by atoms with Crippen LogP contribution in [0.4, 0.5) is 4.79 Å². The lowest BCUT2D eigenvalue weighted by molar-refractivity contribution is -0.148. The third-order valence-electron chi connectivity index (χ3n) is 5.53. The Hall–Kier alpha value is -2.22. The Morgan fingerprint density at radius 2 is 1.60 bits per heavy atom. The molecule has 0 bridgehead atoms. The first-order valence-corrected chi connectivity index (χ1v) is 13.0. The van der Waals surface area contributed by atoms with Crippen LogP contribution in [0, 0.1) is 13.8 Å². The summed E-state index contributed by atoms with van der Waals surface area (Å²) in [7, 11) is 0. The second-order valence-electron chi connectivity index (χ2n) is 11.0. The van der Waals surface area contributed by atoms with Crippen LogP contribution < -0.4 is 10.6 Å². The minimum absolute atomic E-state index is 0.0578. The molecule has 1 aromatic rings. The van der Waals surface area contributed by atoms with Gasteiger partial charge in [0.1, 0.15) is 17.7 Å². The first kappa shape index (κ1) is 30.8. The first-order valence-electron chi connectivity index (χ1n) is 12.4. The minimum atomic E-state index is -0.966. The molecule has 2 N–H and O–H groups in total. The Kier molecular flexibility index (Phi) is 11.6. The van der Waals surface area contributed by atoms with Crippen LogP contribution in [-0.2, 0) is 14.3 Å². The number of alkyl carbamates (subject to hydrolysis) is 1. The monoisotopic (exact) mass is 507 g/mol. The third kappa shape index (κ3) is 9.39. The summed E-state index contributed by atoms with van der Waals surface area (Å²) in [5.41, 5.74) is 1.19. The van der Waals surface area contributed by atoms with Crippen LogP contribution in [0.25, 0.3) is 0 Å². The summed E-state index contributed by atoms with van der Waals surface area (Å²) in [6.07, 6.45) is 2.22. The van der Waals surface area contributed by atoms with Crippen LogP contribution in [0.1, 0.15) is 90.5 Å². The van der Waals surface area contributed by atoms with Crippen molar-refractivity contribution in [3.63, 3.8) is 0 Å². The quantitative estimate of drug-likeness (QED) is 0.304. The molecular weight excluding hydrogens is 462 g/mol. The molecule has 0 aliphatic carbocycles. The summed E-state index contributed by atoms with van der Waals surface area (Å²) in [5, 5.41) is 5.69. The number of hydrogen-bond donors (Lipinski definition) is 3. The molecular formula is C27H45N3O4S. The number of carbonyl (C=O) groups is 3. The molecule has 7 nitrogen and oxygen atoms in total. The van der Waals surface area contributed by atoms with Crippen molar-refractivity contribution in [2.75, 3.05) is 12.3 Å². The van der Waals surface area contributed by atoms with Crippen LogP contribution in [0.15, 0.2) is 18.2 Å². The highest BCUT2D eigenvalue weighted by molar-refractivity contribution is 7.80. The topological polar surface area (TPSA) is 87.7 Å². The van der Waals surface area contributed by atoms with E-state index in [1.165, 1.54) is 0 Å². The predicted molar refractivity (Wildman–Crippen MR) is 145 cm³/mol. The predicted octanol–water partition coefficient (Wildman–Crippen LogP) is 5.10. The maximum Gasteiger partial charge on any atom is 0.408 e. The number of benzene rings is 1. The van der Waals surface area contributed by atoms with Crippen molar-refractivity contribution >= 4 is 30.5 Å². The van der Waals surface area contributed by atoms with Crippen molar-refractivity contribution < 1.29 is 19.1 Å². The maximum atomic E-state index is 14.0. The number of thiol groups is 1. The van der Waals surface area contributed by atoms with Crippen molar-refractivity contribution in [2.24, 2.45) is 0 Å². The summed E-state index contributed by atoms with van der Waals surface area (Å²) in [4.78, 5) is 41.7. The molecule has 0 saturated carbocycles. The second kappa shape index (κ2) is 13.2. The van der Waals surface area contributed by atoms with Gasteiger partial charge in [0.25, 0.3) is 0 Å².